The van der Waals surface area contributed by atoms with Crippen molar-refractivity contribution >= 4 is 0 Å². The molecule has 0 aliphatic rings. The second-order valence-corrected chi connectivity index (χ2v) is 4.74. The molecular weight excluding hydrogens is 224 g/mol. The number of ether oxygens (including phenoxy) is 1. The van der Waals surface area contributed by atoms with Crippen LogP contribution >= 0.6 is 0 Å². The molecule has 0 amide bonds. The standard InChI is InChI=1S/C15H26N2O/c1-4-13(2)17(9-10-18-3)12-15-7-5-14(11-16)6-8-15/h5-8,13H,4,9-12,16H2,1-3H3. The topological polar surface area (TPSA) is 38.5 Å². The van der Waals surface area contributed by atoms with Gasteiger partial charge in [0, 0.05) is 32.8 Å². The first-order valence-corrected chi connectivity index (χ1v) is 6.72. The van der Waals surface area contributed by atoms with Crippen molar-refractivity contribution in [2.75, 3.05) is 20.3 Å². The number of benzene rings is 1. The average molecular weight is 250 g/mol. The maximum Gasteiger partial charge on any atom is 0.0589 e. The third-order valence-corrected chi connectivity index (χ3v) is 3.44. The zero-order valence-electron chi connectivity index (χ0n) is 11.9. The molecule has 0 aromatic heterocycles. The summed E-state index contributed by atoms with van der Waals surface area (Å²) >= 11 is 0. The second-order valence-electron chi connectivity index (χ2n) is 4.74. The Labute approximate surface area is 111 Å². The molecule has 3 heteroatoms. The molecule has 0 saturated heterocycles. The minimum Gasteiger partial charge on any atom is -0.383 e. The summed E-state index contributed by atoms with van der Waals surface area (Å²) in [7, 11) is 1.75. The van der Waals surface area contributed by atoms with Crippen LogP contribution < -0.4 is 5.73 Å². The van der Waals surface area contributed by atoms with Gasteiger partial charge in [-0.15, -0.1) is 0 Å². The van der Waals surface area contributed by atoms with Crippen LogP contribution in [-0.4, -0.2) is 31.2 Å². The third-order valence-electron chi connectivity index (χ3n) is 3.44. The normalized spacial score (nSPS) is 12.9. The zero-order valence-corrected chi connectivity index (χ0v) is 11.9. The van der Waals surface area contributed by atoms with Crippen LogP contribution in [0, 0.1) is 0 Å². The van der Waals surface area contributed by atoms with Gasteiger partial charge >= 0.3 is 0 Å². The fourth-order valence-electron chi connectivity index (χ4n) is 1.94. The smallest absolute Gasteiger partial charge is 0.0589 e. The number of methoxy groups -OCH3 is 1. The largest absolute Gasteiger partial charge is 0.383 e. The van der Waals surface area contributed by atoms with Gasteiger partial charge in [-0.2, -0.15) is 0 Å². The number of nitrogens with two attached hydrogens (primary N) is 1. The average Bonchev–Trinajstić information content (AvgIpc) is 2.43. The molecule has 2 N–H and O–H groups in total. The van der Waals surface area contributed by atoms with Crippen molar-refractivity contribution in [1.82, 2.24) is 4.90 Å². The van der Waals surface area contributed by atoms with E-state index in [1.807, 2.05) is 0 Å². The van der Waals surface area contributed by atoms with Crippen molar-refractivity contribution in [1.29, 1.82) is 0 Å². The van der Waals surface area contributed by atoms with E-state index in [1.165, 1.54) is 11.1 Å². The Morgan fingerprint density at radius 2 is 1.83 bits per heavy atom. The van der Waals surface area contributed by atoms with Gasteiger partial charge in [-0.3, -0.25) is 4.90 Å². The highest BCUT2D eigenvalue weighted by Gasteiger charge is 2.12. The summed E-state index contributed by atoms with van der Waals surface area (Å²) in [6.07, 6.45) is 1.16. The van der Waals surface area contributed by atoms with Crippen LogP contribution in [0.5, 0.6) is 0 Å². The second kappa shape index (κ2) is 8.25. The maximum atomic E-state index is 5.61. The molecule has 102 valence electrons. The maximum absolute atomic E-state index is 5.61. The fraction of sp³-hybridized carbons (Fsp3) is 0.600. The van der Waals surface area contributed by atoms with Crippen LogP contribution in [0.1, 0.15) is 31.4 Å². The minimum atomic E-state index is 0.578. The molecule has 0 aliphatic carbocycles. The molecule has 1 unspecified atom stereocenters. The highest BCUT2D eigenvalue weighted by Crippen LogP contribution is 2.11. The number of nitrogens with zero attached hydrogens (tertiary/aromatic N) is 1. The molecule has 0 heterocycles. The van der Waals surface area contributed by atoms with Crippen molar-refractivity contribution in [3.05, 3.63) is 35.4 Å². The van der Waals surface area contributed by atoms with Crippen molar-refractivity contribution in [2.45, 2.75) is 39.4 Å². The summed E-state index contributed by atoms with van der Waals surface area (Å²) in [5.74, 6) is 0. The predicted molar refractivity (Wildman–Crippen MR) is 76.4 cm³/mol. The molecule has 0 saturated carbocycles. The lowest BCUT2D eigenvalue weighted by atomic mass is 10.1. The highest BCUT2D eigenvalue weighted by atomic mass is 16.5. The summed E-state index contributed by atoms with van der Waals surface area (Å²) in [5.41, 5.74) is 8.13. The molecule has 1 rings (SSSR count). The predicted octanol–water partition coefficient (Wildman–Crippen LogP) is 2.39. The summed E-state index contributed by atoms with van der Waals surface area (Å²) in [5, 5.41) is 0. The van der Waals surface area contributed by atoms with Gasteiger partial charge in [0.2, 0.25) is 0 Å². The van der Waals surface area contributed by atoms with Crippen molar-refractivity contribution in [3.8, 4) is 0 Å². The molecule has 1 aromatic carbocycles. The molecular formula is C15H26N2O. The van der Waals surface area contributed by atoms with E-state index in [1.54, 1.807) is 7.11 Å². The van der Waals surface area contributed by atoms with Gasteiger partial charge in [-0.25, -0.2) is 0 Å². The lowest BCUT2D eigenvalue weighted by Crippen LogP contribution is -2.34. The molecule has 0 fully saturated rings. The number of hydrogen-bond donors (Lipinski definition) is 1. The van der Waals surface area contributed by atoms with E-state index in [2.05, 4.69) is 43.0 Å². The van der Waals surface area contributed by atoms with Gasteiger partial charge < -0.3 is 10.5 Å². The van der Waals surface area contributed by atoms with Gasteiger partial charge in [0.05, 0.1) is 6.61 Å². The summed E-state index contributed by atoms with van der Waals surface area (Å²) in [4.78, 5) is 2.46. The molecule has 18 heavy (non-hydrogen) atoms. The van der Waals surface area contributed by atoms with Crippen LogP contribution in [0.25, 0.3) is 0 Å². The molecule has 1 atom stereocenters. The SMILES string of the molecule is CCC(C)N(CCOC)Cc1ccc(CN)cc1. The Balaban J connectivity index is 2.62. The quantitative estimate of drug-likeness (QED) is 0.770. The van der Waals surface area contributed by atoms with E-state index in [9.17, 15) is 0 Å². The Morgan fingerprint density at radius 3 is 2.33 bits per heavy atom. The van der Waals surface area contributed by atoms with Crippen LogP contribution in [0.15, 0.2) is 24.3 Å². The third kappa shape index (κ3) is 4.77. The van der Waals surface area contributed by atoms with Crippen molar-refractivity contribution in [3.63, 3.8) is 0 Å². The molecule has 1 aromatic rings. The first kappa shape index (κ1) is 15.2. The molecule has 0 spiro atoms. The van der Waals surface area contributed by atoms with E-state index in [0.29, 0.717) is 12.6 Å². The van der Waals surface area contributed by atoms with Gasteiger partial charge in [0.1, 0.15) is 0 Å². The van der Waals surface area contributed by atoms with Gasteiger partial charge in [-0.1, -0.05) is 31.2 Å². The minimum absolute atomic E-state index is 0.578. The number of hydrogen-bond acceptors (Lipinski definition) is 3. The first-order chi connectivity index (χ1) is 8.71. The Morgan fingerprint density at radius 1 is 1.22 bits per heavy atom. The van der Waals surface area contributed by atoms with Crippen LogP contribution in [0.4, 0.5) is 0 Å². The van der Waals surface area contributed by atoms with Crippen LogP contribution in [0.3, 0.4) is 0 Å². The molecule has 3 nitrogen and oxygen atoms in total. The van der Waals surface area contributed by atoms with Crippen LogP contribution in [-0.2, 0) is 17.8 Å². The van der Waals surface area contributed by atoms with Crippen molar-refractivity contribution in [2.24, 2.45) is 5.73 Å². The molecule has 0 aliphatic heterocycles. The van der Waals surface area contributed by atoms with E-state index in [-0.39, 0.29) is 0 Å². The Bertz CT molecular complexity index is 324. The van der Waals surface area contributed by atoms with E-state index in [4.69, 9.17) is 10.5 Å². The fourth-order valence-corrected chi connectivity index (χ4v) is 1.94. The van der Waals surface area contributed by atoms with Gasteiger partial charge in [-0.05, 0) is 24.5 Å². The summed E-state index contributed by atoms with van der Waals surface area (Å²) in [6.45, 7) is 7.84. The van der Waals surface area contributed by atoms with E-state index >= 15 is 0 Å². The molecule has 0 bridgehead atoms. The monoisotopic (exact) mass is 250 g/mol. The van der Waals surface area contributed by atoms with Gasteiger partial charge in [0.15, 0.2) is 0 Å². The first-order valence-electron chi connectivity index (χ1n) is 6.72. The summed E-state index contributed by atoms with van der Waals surface area (Å²) in [6, 6.07) is 9.14. The summed E-state index contributed by atoms with van der Waals surface area (Å²) < 4.78 is 5.18. The zero-order chi connectivity index (χ0) is 13.4. The lowest BCUT2D eigenvalue weighted by Gasteiger charge is -2.28. The van der Waals surface area contributed by atoms with E-state index in [0.717, 1.165) is 26.1 Å². The Hall–Kier alpha value is -0.900. The van der Waals surface area contributed by atoms with Gasteiger partial charge in [0.25, 0.3) is 0 Å². The number of rotatable bonds is 8. The van der Waals surface area contributed by atoms with Crippen molar-refractivity contribution < 1.29 is 4.74 Å². The van der Waals surface area contributed by atoms with Crippen LogP contribution in [0.2, 0.25) is 0 Å². The molecule has 0 radical (unpaired) electrons. The Kier molecular flexibility index (Phi) is 6.94. The van der Waals surface area contributed by atoms with E-state index < -0.39 is 0 Å². The lowest BCUT2D eigenvalue weighted by molar-refractivity contribution is 0.118. The highest BCUT2D eigenvalue weighted by molar-refractivity contribution is 5.22.